The van der Waals surface area contributed by atoms with Crippen molar-refractivity contribution in [1.82, 2.24) is 24.6 Å². The summed E-state index contributed by atoms with van der Waals surface area (Å²) in [6, 6.07) is 5.88. The van der Waals surface area contributed by atoms with Gasteiger partial charge in [-0.3, -0.25) is 9.69 Å². The normalized spacial score (nSPS) is 28.7. The molecular weight excluding hydrogens is 523 g/mol. The number of carbonyl (C=O) groups is 1. The predicted molar refractivity (Wildman–Crippen MR) is 149 cm³/mol. The summed E-state index contributed by atoms with van der Waals surface area (Å²) in [5.74, 6) is 0.496. The summed E-state index contributed by atoms with van der Waals surface area (Å²) in [5.41, 5.74) is 3.42. The van der Waals surface area contributed by atoms with E-state index in [1.807, 2.05) is 29.9 Å². The number of aliphatic carboxylic acids is 1. The lowest BCUT2D eigenvalue weighted by atomic mass is 9.66. The van der Waals surface area contributed by atoms with E-state index in [0.717, 1.165) is 73.6 Å². The molecular formula is C28H34Cl2N6O2. The fourth-order valence-electron chi connectivity index (χ4n) is 7.19. The van der Waals surface area contributed by atoms with Crippen LogP contribution in [0.2, 0.25) is 10.0 Å². The van der Waals surface area contributed by atoms with Crippen LogP contribution in [0.15, 0.2) is 24.4 Å². The number of nitrogens with zero attached hydrogens (tertiary/aromatic N) is 6. The lowest BCUT2D eigenvalue weighted by Crippen LogP contribution is -2.62. The third-order valence-corrected chi connectivity index (χ3v) is 9.74. The highest BCUT2D eigenvalue weighted by molar-refractivity contribution is 6.35. The number of hydrogen-bond acceptors (Lipinski definition) is 6. The quantitative estimate of drug-likeness (QED) is 0.437. The fraction of sp³-hybridized carbons (Fsp3) is 0.571. The monoisotopic (exact) mass is 556 g/mol. The van der Waals surface area contributed by atoms with Gasteiger partial charge in [0.2, 0.25) is 0 Å². The average Bonchev–Trinajstić information content (AvgIpc) is 3.44. The second kappa shape index (κ2) is 9.65. The molecule has 1 spiro atoms. The largest absolute Gasteiger partial charge is 0.481 e. The average molecular weight is 558 g/mol. The summed E-state index contributed by atoms with van der Waals surface area (Å²) >= 11 is 12.6. The smallest absolute Gasteiger partial charge is 0.306 e. The molecule has 3 fully saturated rings. The lowest BCUT2D eigenvalue weighted by Gasteiger charge is -2.54. The maximum Gasteiger partial charge on any atom is 0.306 e. The lowest BCUT2D eigenvalue weighted by molar-refractivity contribution is -0.152. The summed E-state index contributed by atoms with van der Waals surface area (Å²) < 4.78 is 1.91. The van der Waals surface area contributed by atoms with E-state index in [-0.39, 0.29) is 17.5 Å². The van der Waals surface area contributed by atoms with Crippen molar-refractivity contribution in [1.29, 1.82) is 0 Å². The maximum atomic E-state index is 11.5. The summed E-state index contributed by atoms with van der Waals surface area (Å²) in [5, 5.41) is 15.4. The molecule has 4 heterocycles. The number of carboxylic acid groups (broad SMARTS) is 1. The van der Waals surface area contributed by atoms with Crippen LogP contribution < -0.4 is 4.90 Å². The third kappa shape index (κ3) is 4.25. The van der Waals surface area contributed by atoms with E-state index >= 15 is 0 Å². The molecule has 10 heteroatoms. The van der Waals surface area contributed by atoms with Crippen molar-refractivity contribution in [3.63, 3.8) is 0 Å². The summed E-state index contributed by atoms with van der Waals surface area (Å²) in [6.07, 6.45) is 6.81. The van der Waals surface area contributed by atoms with Crippen molar-refractivity contribution >= 4 is 46.2 Å². The van der Waals surface area contributed by atoms with E-state index in [4.69, 9.17) is 38.3 Å². The van der Waals surface area contributed by atoms with Crippen molar-refractivity contribution in [2.45, 2.75) is 70.5 Å². The first-order chi connectivity index (χ1) is 18.2. The molecule has 1 aliphatic carbocycles. The van der Waals surface area contributed by atoms with Crippen LogP contribution in [0.1, 0.15) is 63.3 Å². The van der Waals surface area contributed by atoms with Crippen molar-refractivity contribution < 1.29 is 9.90 Å². The van der Waals surface area contributed by atoms with E-state index in [0.29, 0.717) is 22.0 Å². The van der Waals surface area contributed by atoms with Gasteiger partial charge in [0.05, 0.1) is 23.9 Å². The molecule has 3 aliphatic rings. The highest BCUT2D eigenvalue weighted by Gasteiger charge is 2.55. The predicted octanol–water partition coefficient (Wildman–Crippen LogP) is 5.59. The molecule has 6 rings (SSSR count). The number of rotatable bonds is 5. The van der Waals surface area contributed by atoms with Crippen LogP contribution in [-0.4, -0.2) is 66.9 Å². The number of aromatic nitrogens is 4. The highest BCUT2D eigenvalue weighted by atomic mass is 35.5. The SMILES string of the molecule is Cc1nn([C@H](C)c2ccc(Cl)cc2Cl)c2nc(N3CCC(N4CCCC45CC(C(=O)O)C5)C(C)C3)cnc12. The molecule has 0 bridgehead atoms. The molecule has 1 N–H and O–H groups in total. The number of anilines is 1. The number of carboxylic acids is 1. The molecule has 2 unspecified atom stereocenters. The Labute approximate surface area is 232 Å². The molecule has 1 aromatic carbocycles. The Bertz CT molecular complexity index is 1390. The van der Waals surface area contributed by atoms with Crippen molar-refractivity contribution in [3.8, 4) is 0 Å². The van der Waals surface area contributed by atoms with Gasteiger partial charge < -0.3 is 10.0 Å². The molecule has 0 amide bonds. The van der Waals surface area contributed by atoms with Crippen LogP contribution in [0.25, 0.3) is 11.2 Å². The zero-order valence-electron chi connectivity index (χ0n) is 22.1. The summed E-state index contributed by atoms with van der Waals surface area (Å²) in [4.78, 5) is 26.3. The molecule has 3 atom stereocenters. The Balaban J connectivity index is 1.22. The zero-order valence-corrected chi connectivity index (χ0v) is 23.6. The van der Waals surface area contributed by atoms with Gasteiger partial charge >= 0.3 is 5.97 Å². The van der Waals surface area contributed by atoms with Crippen LogP contribution in [0, 0.1) is 18.8 Å². The number of hydrogen-bond donors (Lipinski definition) is 1. The van der Waals surface area contributed by atoms with Crippen molar-refractivity contribution in [2.24, 2.45) is 11.8 Å². The van der Waals surface area contributed by atoms with Gasteiger partial charge in [-0.15, -0.1) is 0 Å². The number of piperidine rings is 1. The molecule has 2 aromatic heterocycles. The molecule has 2 aliphatic heterocycles. The number of halogens is 2. The first kappa shape index (κ1) is 25.8. The Morgan fingerprint density at radius 1 is 1.24 bits per heavy atom. The standard InChI is InChI=1S/C28H34Cl2N6O2/c1-16-15-34(10-7-23(16)35-9-4-8-28(35)12-19(13-28)27(37)38)24-14-31-25-17(2)33-36(26(25)32-24)18(3)21-6-5-20(29)11-22(21)30/h5-6,11,14,16,18-19,23H,4,7-10,12-13,15H2,1-3H3,(H,37,38)/t16?,18-,19?,23?,28?/m1/s1. The van der Waals surface area contributed by atoms with Gasteiger partial charge in [-0.05, 0) is 76.1 Å². The molecule has 0 radical (unpaired) electrons. The van der Waals surface area contributed by atoms with E-state index in [1.165, 1.54) is 6.42 Å². The topological polar surface area (TPSA) is 87.4 Å². The third-order valence-electron chi connectivity index (χ3n) is 9.17. The second-order valence-corrected chi connectivity index (χ2v) is 12.4. The molecule has 38 heavy (non-hydrogen) atoms. The van der Waals surface area contributed by atoms with Gasteiger partial charge in [0.15, 0.2) is 5.65 Å². The minimum atomic E-state index is -0.638. The Morgan fingerprint density at radius 2 is 2.03 bits per heavy atom. The molecule has 3 aromatic rings. The zero-order chi connectivity index (χ0) is 26.8. The minimum absolute atomic E-state index is 0.103. The molecule has 8 nitrogen and oxygen atoms in total. The van der Waals surface area contributed by atoms with Crippen LogP contribution in [0.5, 0.6) is 0 Å². The van der Waals surface area contributed by atoms with Crippen molar-refractivity contribution in [2.75, 3.05) is 24.5 Å². The van der Waals surface area contributed by atoms with Gasteiger partial charge in [0.25, 0.3) is 0 Å². The van der Waals surface area contributed by atoms with E-state index in [1.54, 1.807) is 6.07 Å². The van der Waals surface area contributed by atoms with Crippen LogP contribution in [0.3, 0.4) is 0 Å². The van der Waals surface area contributed by atoms with Crippen LogP contribution >= 0.6 is 23.2 Å². The van der Waals surface area contributed by atoms with E-state index < -0.39 is 5.97 Å². The van der Waals surface area contributed by atoms with E-state index in [2.05, 4.69) is 23.6 Å². The summed E-state index contributed by atoms with van der Waals surface area (Å²) in [7, 11) is 0. The second-order valence-electron chi connectivity index (χ2n) is 11.5. The summed E-state index contributed by atoms with van der Waals surface area (Å²) in [6.45, 7) is 9.21. The fourth-order valence-corrected chi connectivity index (χ4v) is 7.75. The van der Waals surface area contributed by atoms with Gasteiger partial charge in [0, 0.05) is 34.7 Å². The first-order valence-corrected chi connectivity index (χ1v) is 14.3. The number of benzene rings is 1. The van der Waals surface area contributed by atoms with E-state index in [9.17, 15) is 9.90 Å². The van der Waals surface area contributed by atoms with Crippen molar-refractivity contribution in [3.05, 3.63) is 45.7 Å². The molecule has 2 saturated heterocycles. The Morgan fingerprint density at radius 3 is 2.74 bits per heavy atom. The van der Waals surface area contributed by atoms with Gasteiger partial charge in [0.1, 0.15) is 11.3 Å². The number of fused-ring (bicyclic) bond motifs is 1. The molecule has 1 saturated carbocycles. The maximum absolute atomic E-state index is 11.5. The van der Waals surface area contributed by atoms with Gasteiger partial charge in [-0.1, -0.05) is 36.2 Å². The van der Waals surface area contributed by atoms with Gasteiger partial charge in [-0.2, -0.15) is 5.10 Å². The van der Waals surface area contributed by atoms with Gasteiger partial charge in [-0.25, -0.2) is 14.6 Å². The highest BCUT2D eigenvalue weighted by Crippen LogP contribution is 2.51. The first-order valence-electron chi connectivity index (χ1n) is 13.6. The minimum Gasteiger partial charge on any atom is -0.481 e. The Kier molecular flexibility index (Phi) is 6.56. The van der Waals surface area contributed by atoms with Crippen LogP contribution in [0.4, 0.5) is 5.82 Å². The molecule has 202 valence electrons. The van der Waals surface area contributed by atoms with Crippen LogP contribution in [-0.2, 0) is 4.79 Å². The Hall–Kier alpha value is -2.42. The number of aryl methyl sites for hydroxylation is 1. The number of likely N-dealkylation sites (tertiary alicyclic amines) is 1.